The SMILES string of the molecule is N#C[C@@H]1CC2CC2N1C(=O)[C@@H](N)C12CC3C[C@H](CC(OC(=O)[C@@H](N)Cc4ncc[nH]4)(C3)C1)C2. The summed E-state index contributed by atoms with van der Waals surface area (Å²) < 4.78 is 6.17. The number of carbonyl (C=O) groups excluding carboxylic acids is 2. The number of aromatic nitrogens is 2. The first kappa shape index (κ1) is 21.1. The first-order chi connectivity index (χ1) is 15.8. The molecule has 1 aromatic rings. The van der Waals surface area contributed by atoms with Gasteiger partial charge in [0.25, 0.3) is 0 Å². The van der Waals surface area contributed by atoms with E-state index in [9.17, 15) is 14.9 Å². The van der Waals surface area contributed by atoms with Gasteiger partial charge < -0.3 is 26.1 Å². The molecule has 1 aliphatic heterocycles. The largest absolute Gasteiger partial charge is 0.458 e. The third-order valence-corrected chi connectivity index (χ3v) is 9.07. The summed E-state index contributed by atoms with van der Waals surface area (Å²) in [6.45, 7) is 0. The molecule has 7 rings (SSSR count). The van der Waals surface area contributed by atoms with Crippen LogP contribution in [-0.4, -0.2) is 56.5 Å². The number of amides is 1. The highest BCUT2D eigenvalue weighted by Crippen LogP contribution is 2.64. The monoisotopic (exact) mass is 452 g/mol. The normalized spacial score (nSPS) is 41.8. The topological polar surface area (TPSA) is 151 Å². The van der Waals surface area contributed by atoms with Crippen molar-refractivity contribution < 1.29 is 14.3 Å². The Morgan fingerprint density at radius 3 is 2.67 bits per heavy atom. The van der Waals surface area contributed by atoms with Gasteiger partial charge in [-0.05, 0) is 74.5 Å². The first-order valence-electron chi connectivity index (χ1n) is 12.3. The van der Waals surface area contributed by atoms with Gasteiger partial charge in [-0.1, -0.05) is 0 Å². The lowest BCUT2D eigenvalue weighted by Crippen LogP contribution is -2.66. The molecule has 6 fully saturated rings. The van der Waals surface area contributed by atoms with Crippen LogP contribution >= 0.6 is 0 Å². The average molecular weight is 453 g/mol. The summed E-state index contributed by atoms with van der Waals surface area (Å²) in [6.07, 6.45) is 10.5. The minimum atomic E-state index is -0.789. The molecule has 5 saturated carbocycles. The fourth-order valence-corrected chi connectivity index (χ4v) is 8.03. The van der Waals surface area contributed by atoms with Gasteiger partial charge >= 0.3 is 5.97 Å². The highest BCUT2D eigenvalue weighted by atomic mass is 16.6. The summed E-state index contributed by atoms with van der Waals surface area (Å²) in [4.78, 5) is 35.5. The number of rotatable bonds is 6. The Morgan fingerprint density at radius 2 is 2.00 bits per heavy atom. The van der Waals surface area contributed by atoms with Crippen molar-refractivity contribution in [3.63, 3.8) is 0 Å². The Balaban J connectivity index is 1.20. The number of H-pyrrole nitrogens is 1. The third kappa shape index (κ3) is 3.38. The van der Waals surface area contributed by atoms with E-state index < -0.39 is 23.7 Å². The van der Waals surface area contributed by atoms with Crippen molar-refractivity contribution in [2.24, 2.45) is 34.6 Å². The molecule has 33 heavy (non-hydrogen) atoms. The molecule has 4 bridgehead atoms. The number of nitrogens with zero attached hydrogens (tertiary/aromatic N) is 3. The van der Waals surface area contributed by atoms with E-state index in [0.717, 1.165) is 44.9 Å². The molecule has 176 valence electrons. The van der Waals surface area contributed by atoms with E-state index in [1.165, 1.54) is 0 Å². The molecular weight excluding hydrogens is 420 g/mol. The molecule has 6 aliphatic rings. The van der Waals surface area contributed by atoms with E-state index in [0.29, 0.717) is 36.4 Å². The van der Waals surface area contributed by atoms with Gasteiger partial charge in [-0.15, -0.1) is 0 Å². The zero-order valence-electron chi connectivity index (χ0n) is 18.8. The van der Waals surface area contributed by atoms with Crippen LogP contribution in [0.25, 0.3) is 0 Å². The van der Waals surface area contributed by atoms with Crippen LogP contribution in [0.4, 0.5) is 0 Å². The molecule has 5 aliphatic carbocycles. The van der Waals surface area contributed by atoms with E-state index in [2.05, 4.69) is 16.0 Å². The number of ether oxygens (including phenoxy) is 1. The molecule has 9 heteroatoms. The number of piperidine rings is 1. The van der Waals surface area contributed by atoms with Crippen LogP contribution in [0, 0.1) is 34.5 Å². The van der Waals surface area contributed by atoms with Crippen molar-refractivity contribution in [3.05, 3.63) is 18.2 Å². The van der Waals surface area contributed by atoms with Crippen LogP contribution in [0.1, 0.15) is 57.2 Å². The summed E-state index contributed by atoms with van der Waals surface area (Å²) in [5, 5.41) is 9.56. The molecule has 9 nitrogen and oxygen atoms in total. The van der Waals surface area contributed by atoms with Gasteiger partial charge in [0.2, 0.25) is 5.91 Å². The maximum atomic E-state index is 13.6. The second-order valence-electron chi connectivity index (χ2n) is 11.4. The van der Waals surface area contributed by atoms with Crippen molar-refractivity contribution in [1.29, 1.82) is 5.26 Å². The predicted molar refractivity (Wildman–Crippen MR) is 117 cm³/mol. The molecule has 0 radical (unpaired) electrons. The highest BCUT2D eigenvalue weighted by molar-refractivity contribution is 5.84. The highest BCUT2D eigenvalue weighted by Gasteiger charge is 2.64. The van der Waals surface area contributed by atoms with Crippen molar-refractivity contribution >= 4 is 11.9 Å². The van der Waals surface area contributed by atoms with Crippen LogP contribution in [0.3, 0.4) is 0 Å². The zero-order chi connectivity index (χ0) is 23.0. The third-order valence-electron chi connectivity index (χ3n) is 9.07. The van der Waals surface area contributed by atoms with Crippen LogP contribution in [0.2, 0.25) is 0 Å². The Morgan fingerprint density at radius 1 is 1.24 bits per heavy atom. The van der Waals surface area contributed by atoms with Gasteiger partial charge in [0.1, 0.15) is 23.5 Å². The second-order valence-corrected chi connectivity index (χ2v) is 11.4. The molecule has 0 aromatic carbocycles. The van der Waals surface area contributed by atoms with Crippen LogP contribution in [0.5, 0.6) is 0 Å². The van der Waals surface area contributed by atoms with Gasteiger partial charge in [-0.3, -0.25) is 9.59 Å². The van der Waals surface area contributed by atoms with Gasteiger partial charge in [-0.2, -0.15) is 5.26 Å². The lowest BCUT2D eigenvalue weighted by atomic mass is 9.46. The average Bonchev–Trinajstić information content (AvgIpc) is 3.16. The molecule has 9 atom stereocenters. The van der Waals surface area contributed by atoms with E-state index >= 15 is 0 Å². The van der Waals surface area contributed by atoms with Crippen LogP contribution in [0.15, 0.2) is 12.4 Å². The molecule has 0 spiro atoms. The summed E-state index contributed by atoms with van der Waals surface area (Å²) >= 11 is 0. The number of carbonyl (C=O) groups is 2. The maximum absolute atomic E-state index is 13.6. The number of fused-ring (bicyclic) bond motifs is 1. The van der Waals surface area contributed by atoms with Crippen LogP contribution in [-0.2, 0) is 20.7 Å². The maximum Gasteiger partial charge on any atom is 0.323 e. The number of aromatic amines is 1. The fraction of sp³-hybridized carbons (Fsp3) is 0.750. The molecule has 1 saturated heterocycles. The van der Waals surface area contributed by atoms with Crippen molar-refractivity contribution in [3.8, 4) is 6.07 Å². The smallest absolute Gasteiger partial charge is 0.323 e. The van der Waals surface area contributed by atoms with E-state index in [-0.39, 0.29) is 23.4 Å². The second kappa shape index (κ2) is 7.28. The lowest BCUT2D eigenvalue weighted by molar-refractivity contribution is -0.207. The summed E-state index contributed by atoms with van der Waals surface area (Å²) in [6, 6.07) is 0.694. The summed E-state index contributed by atoms with van der Waals surface area (Å²) in [7, 11) is 0. The quantitative estimate of drug-likeness (QED) is 0.545. The Bertz CT molecular complexity index is 988. The van der Waals surface area contributed by atoms with Gasteiger partial charge in [0.15, 0.2) is 0 Å². The number of esters is 1. The molecule has 1 aromatic heterocycles. The molecule has 5 unspecified atom stereocenters. The van der Waals surface area contributed by atoms with Crippen molar-refractivity contribution in [2.45, 2.75) is 87.6 Å². The number of likely N-dealkylation sites (tertiary alicyclic amines) is 1. The lowest BCUT2D eigenvalue weighted by Gasteiger charge is -2.62. The Hall–Kier alpha value is -2.44. The number of nitrogens with two attached hydrogens (primary N) is 2. The van der Waals surface area contributed by atoms with E-state index in [1.807, 2.05) is 0 Å². The van der Waals surface area contributed by atoms with Crippen molar-refractivity contribution in [2.75, 3.05) is 0 Å². The van der Waals surface area contributed by atoms with E-state index in [1.54, 1.807) is 17.3 Å². The Kier molecular flexibility index (Phi) is 4.66. The van der Waals surface area contributed by atoms with Crippen LogP contribution < -0.4 is 11.5 Å². The van der Waals surface area contributed by atoms with E-state index in [4.69, 9.17) is 16.2 Å². The number of hydrogen-bond acceptors (Lipinski definition) is 7. The van der Waals surface area contributed by atoms with Gasteiger partial charge in [0, 0.05) is 24.9 Å². The minimum absolute atomic E-state index is 0.0792. The fourth-order valence-electron chi connectivity index (χ4n) is 8.03. The molecule has 2 heterocycles. The minimum Gasteiger partial charge on any atom is -0.458 e. The summed E-state index contributed by atoms with van der Waals surface area (Å²) in [5.74, 6) is 1.43. The molecule has 1 amide bonds. The number of nitrogens with one attached hydrogen (secondary N) is 1. The zero-order valence-corrected chi connectivity index (χ0v) is 18.8. The number of hydrogen-bond donors (Lipinski definition) is 3. The van der Waals surface area contributed by atoms with Gasteiger partial charge in [-0.25, -0.2) is 4.98 Å². The number of imidazole rings is 1. The predicted octanol–water partition coefficient (Wildman–Crippen LogP) is 1.00. The standard InChI is InChI=1S/C24H32N6O3/c25-11-16-4-15-5-18(15)30(16)21(31)20(27)23-7-13-3-14(8-23)10-24(9-13,12-23)33-22(32)17(26)6-19-28-1-2-29-19/h1-2,13-18,20H,3-10,12,26-27H2,(H,28,29)/t13-,14?,15?,16-,17-,18?,20+,23?,24?/m0/s1. The summed E-state index contributed by atoms with van der Waals surface area (Å²) in [5.41, 5.74) is 11.9. The number of nitriles is 1. The van der Waals surface area contributed by atoms with Gasteiger partial charge in [0.05, 0.1) is 12.1 Å². The Labute approximate surface area is 193 Å². The first-order valence-corrected chi connectivity index (χ1v) is 12.3. The van der Waals surface area contributed by atoms with Crippen molar-refractivity contribution in [1.82, 2.24) is 14.9 Å². The molecule has 5 N–H and O–H groups in total. The molecular formula is C24H32N6O3.